The van der Waals surface area contributed by atoms with Crippen LogP contribution < -0.4 is 5.32 Å². The number of nitrogens with zero attached hydrogens (tertiary/aromatic N) is 2. The highest BCUT2D eigenvalue weighted by atomic mass is 16.5. The minimum atomic E-state index is 0.166. The number of hydrogen-bond donors (Lipinski definition) is 1. The summed E-state index contributed by atoms with van der Waals surface area (Å²) in [5.74, 6) is 0.166. The summed E-state index contributed by atoms with van der Waals surface area (Å²) in [6.45, 7) is 5.21. The summed E-state index contributed by atoms with van der Waals surface area (Å²) in [6.07, 6.45) is 1.96. The zero-order chi connectivity index (χ0) is 13.0. The summed E-state index contributed by atoms with van der Waals surface area (Å²) in [6, 6.07) is 4.28. The number of amides is 1. The largest absolute Gasteiger partial charge is 0.378 e. The van der Waals surface area contributed by atoms with Crippen LogP contribution in [-0.2, 0) is 16.1 Å². The van der Waals surface area contributed by atoms with Crippen molar-refractivity contribution < 1.29 is 9.53 Å². The quantitative estimate of drug-likeness (QED) is 0.853. The molecule has 1 unspecified atom stereocenters. The van der Waals surface area contributed by atoms with E-state index in [2.05, 4.69) is 12.2 Å². The van der Waals surface area contributed by atoms with E-state index in [9.17, 15) is 4.79 Å². The summed E-state index contributed by atoms with van der Waals surface area (Å²) >= 11 is 0. The van der Waals surface area contributed by atoms with Crippen molar-refractivity contribution >= 4 is 5.91 Å². The highest BCUT2D eigenvalue weighted by Gasteiger charge is 2.18. The molecule has 1 fully saturated rings. The van der Waals surface area contributed by atoms with Gasteiger partial charge >= 0.3 is 0 Å². The number of ether oxygens (including phenoxy) is 1. The van der Waals surface area contributed by atoms with Crippen molar-refractivity contribution in [1.82, 2.24) is 14.8 Å². The summed E-state index contributed by atoms with van der Waals surface area (Å²) in [7, 11) is 1.92. The van der Waals surface area contributed by atoms with E-state index in [1.807, 2.05) is 34.8 Å². The standard InChI is InChI=1S/C13H21N3O2/c1-11(14-2)12-4-3-5-16(12)10-13(17)15-6-8-18-9-7-15/h3-5,11,14H,6-10H2,1-2H3. The molecule has 0 saturated carbocycles. The average molecular weight is 251 g/mol. The third kappa shape index (κ3) is 2.91. The molecule has 0 spiro atoms. The summed E-state index contributed by atoms with van der Waals surface area (Å²) in [4.78, 5) is 14.0. The Bertz CT molecular complexity index is 397. The second-order valence-corrected chi connectivity index (χ2v) is 4.56. The van der Waals surface area contributed by atoms with Crippen LogP contribution in [0.4, 0.5) is 0 Å². The molecule has 100 valence electrons. The van der Waals surface area contributed by atoms with Gasteiger partial charge in [-0.2, -0.15) is 0 Å². The lowest BCUT2D eigenvalue weighted by atomic mass is 10.2. The molecule has 18 heavy (non-hydrogen) atoms. The van der Waals surface area contributed by atoms with Gasteiger partial charge in [0.05, 0.1) is 13.2 Å². The van der Waals surface area contributed by atoms with Crippen molar-refractivity contribution in [2.45, 2.75) is 19.5 Å². The van der Waals surface area contributed by atoms with E-state index in [1.165, 1.54) is 0 Å². The Morgan fingerprint density at radius 3 is 2.89 bits per heavy atom. The van der Waals surface area contributed by atoms with Crippen LogP contribution >= 0.6 is 0 Å². The van der Waals surface area contributed by atoms with Gasteiger partial charge in [-0.05, 0) is 26.1 Å². The van der Waals surface area contributed by atoms with Gasteiger partial charge in [-0.25, -0.2) is 0 Å². The molecule has 5 heteroatoms. The van der Waals surface area contributed by atoms with E-state index < -0.39 is 0 Å². The first-order chi connectivity index (χ1) is 8.72. The van der Waals surface area contributed by atoms with E-state index in [-0.39, 0.29) is 11.9 Å². The second-order valence-electron chi connectivity index (χ2n) is 4.56. The Hall–Kier alpha value is -1.33. The van der Waals surface area contributed by atoms with Gasteiger partial charge in [-0.3, -0.25) is 4.79 Å². The van der Waals surface area contributed by atoms with Crippen molar-refractivity contribution in [3.05, 3.63) is 24.0 Å². The van der Waals surface area contributed by atoms with Crippen LogP contribution in [0, 0.1) is 0 Å². The first kappa shape index (κ1) is 13.1. The molecule has 2 rings (SSSR count). The first-order valence-electron chi connectivity index (χ1n) is 6.40. The van der Waals surface area contributed by atoms with Crippen LogP contribution in [-0.4, -0.2) is 48.7 Å². The van der Waals surface area contributed by atoms with Gasteiger partial charge < -0.3 is 19.5 Å². The maximum absolute atomic E-state index is 12.2. The molecule has 5 nitrogen and oxygen atoms in total. The van der Waals surface area contributed by atoms with Gasteiger partial charge in [0, 0.05) is 31.0 Å². The maximum atomic E-state index is 12.2. The molecule has 1 amide bonds. The van der Waals surface area contributed by atoms with Crippen LogP contribution in [0.1, 0.15) is 18.7 Å². The average Bonchev–Trinajstić information content (AvgIpc) is 2.87. The van der Waals surface area contributed by atoms with Gasteiger partial charge in [0.15, 0.2) is 0 Å². The normalized spacial score (nSPS) is 17.8. The maximum Gasteiger partial charge on any atom is 0.242 e. The molecule has 1 aliphatic rings. The molecule has 1 aliphatic heterocycles. The van der Waals surface area contributed by atoms with Crippen LogP contribution in [0.3, 0.4) is 0 Å². The smallest absolute Gasteiger partial charge is 0.242 e. The van der Waals surface area contributed by atoms with E-state index >= 15 is 0 Å². The zero-order valence-corrected chi connectivity index (χ0v) is 11.1. The molecular formula is C13H21N3O2. The monoisotopic (exact) mass is 251 g/mol. The van der Waals surface area contributed by atoms with E-state index in [1.54, 1.807) is 0 Å². The number of carbonyl (C=O) groups is 1. The third-order valence-electron chi connectivity index (χ3n) is 3.41. The fraction of sp³-hybridized carbons (Fsp3) is 0.615. The van der Waals surface area contributed by atoms with E-state index in [0.717, 1.165) is 5.69 Å². The SMILES string of the molecule is CNC(C)c1cccn1CC(=O)N1CCOCC1. The lowest BCUT2D eigenvalue weighted by Crippen LogP contribution is -2.42. The number of rotatable bonds is 4. The number of morpholine rings is 1. The highest BCUT2D eigenvalue weighted by Crippen LogP contribution is 2.13. The van der Waals surface area contributed by atoms with Crippen molar-refractivity contribution in [3.8, 4) is 0 Å². The predicted octanol–water partition coefficient (Wildman–Crippen LogP) is 0.627. The van der Waals surface area contributed by atoms with Crippen LogP contribution in [0.5, 0.6) is 0 Å². The minimum Gasteiger partial charge on any atom is -0.378 e. The van der Waals surface area contributed by atoms with Gasteiger partial charge in [0.2, 0.25) is 5.91 Å². The van der Waals surface area contributed by atoms with Gasteiger partial charge in [0.1, 0.15) is 6.54 Å². The molecule has 1 N–H and O–H groups in total. The lowest BCUT2D eigenvalue weighted by molar-refractivity contribution is -0.135. The van der Waals surface area contributed by atoms with Crippen LogP contribution in [0.2, 0.25) is 0 Å². The molecule has 1 aromatic heterocycles. The third-order valence-corrected chi connectivity index (χ3v) is 3.41. The van der Waals surface area contributed by atoms with Crippen LogP contribution in [0.25, 0.3) is 0 Å². The molecule has 0 radical (unpaired) electrons. The molecule has 0 aliphatic carbocycles. The van der Waals surface area contributed by atoms with E-state index in [0.29, 0.717) is 32.8 Å². The van der Waals surface area contributed by atoms with Crippen molar-refractivity contribution in [2.24, 2.45) is 0 Å². The fourth-order valence-electron chi connectivity index (χ4n) is 2.17. The molecular weight excluding hydrogens is 230 g/mol. The first-order valence-corrected chi connectivity index (χ1v) is 6.40. The molecule has 1 saturated heterocycles. The molecule has 2 heterocycles. The van der Waals surface area contributed by atoms with E-state index in [4.69, 9.17) is 4.74 Å². The van der Waals surface area contributed by atoms with Gasteiger partial charge in [-0.15, -0.1) is 0 Å². The number of nitrogens with one attached hydrogen (secondary N) is 1. The summed E-state index contributed by atoms with van der Waals surface area (Å²) in [5, 5.41) is 3.19. The van der Waals surface area contributed by atoms with Crippen molar-refractivity contribution in [3.63, 3.8) is 0 Å². The summed E-state index contributed by atoms with van der Waals surface area (Å²) < 4.78 is 7.27. The zero-order valence-electron chi connectivity index (χ0n) is 11.1. The summed E-state index contributed by atoms with van der Waals surface area (Å²) in [5.41, 5.74) is 1.14. The van der Waals surface area contributed by atoms with Gasteiger partial charge in [-0.1, -0.05) is 0 Å². The Kier molecular flexibility index (Phi) is 4.38. The second kappa shape index (κ2) is 6.02. The molecule has 0 bridgehead atoms. The number of hydrogen-bond acceptors (Lipinski definition) is 3. The van der Waals surface area contributed by atoms with Crippen LogP contribution in [0.15, 0.2) is 18.3 Å². The Morgan fingerprint density at radius 2 is 2.22 bits per heavy atom. The molecule has 1 aromatic rings. The fourth-order valence-corrected chi connectivity index (χ4v) is 2.17. The van der Waals surface area contributed by atoms with Gasteiger partial charge in [0.25, 0.3) is 0 Å². The lowest BCUT2D eigenvalue weighted by Gasteiger charge is -2.27. The number of carbonyl (C=O) groups excluding carboxylic acids is 1. The molecule has 0 aromatic carbocycles. The predicted molar refractivity (Wildman–Crippen MR) is 69.3 cm³/mol. The van der Waals surface area contributed by atoms with Crippen molar-refractivity contribution in [1.29, 1.82) is 0 Å². The number of aromatic nitrogens is 1. The Labute approximate surface area is 108 Å². The van der Waals surface area contributed by atoms with Crippen molar-refractivity contribution in [2.75, 3.05) is 33.4 Å². The topological polar surface area (TPSA) is 46.5 Å². The minimum absolute atomic E-state index is 0.166. The highest BCUT2D eigenvalue weighted by molar-refractivity contribution is 5.76. The molecule has 1 atom stereocenters. The Balaban J connectivity index is 2.00. The Morgan fingerprint density at radius 1 is 1.50 bits per heavy atom.